The number of benzene rings is 2. The van der Waals surface area contributed by atoms with Gasteiger partial charge in [-0.05, 0) is 11.1 Å². The van der Waals surface area contributed by atoms with Crippen molar-refractivity contribution in [2.45, 2.75) is 43.9 Å². The van der Waals surface area contributed by atoms with Gasteiger partial charge in [0.1, 0.15) is 24.4 Å². The number of hydrogen-bond acceptors (Lipinski definition) is 6. The highest BCUT2D eigenvalue weighted by molar-refractivity contribution is 5.14. The van der Waals surface area contributed by atoms with Crippen molar-refractivity contribution in [1.82, 2.24) is 0 Å². The van der Waals surface area contributed by atoms with Crippen LogP contribution in [0.15, 0.2) is 60.7 Å². The molecule has 1 saturated heterocycles. The molecular weight excluding hydrogens is 336 g/mol. The van der Waals surface area contributed by atoms with Crippen LogP contribution in [0, 0.1) is 0 Å². The number of ether oxygens (including phenoxy) is 3. The summed E-state index contributed by atoms with van der Waals surface area (Å²) in [5.41, 5.74) is 1.89. The van der Waals surface area contributed by atoms with Gasteiger partial charge >= 0.3 is 0 Å². The van der Waals surface area contributed by atoms with Gasteiger partial charge in [0.25, 0.3) is 0 Å². The molecule has 3 N–H and O–H groups in total. The fraction of sp³-hybridized carbons (Fsp3) is 0.400. The smallest absolute Gasteiger partial charge is 0.184 e. The van der Waals surface area contributed by atoms with E-state index in [1.165, 1.54) is 0 Å². The van der Waals surface area contributed by atoms with E-state index >= 15 is 0 Å². The first-order valence-corrected chi connectivity index (χ1v) is 8.62. The summed E-state index contributed by atoms with van der Waals surface area (Å²) in [6.45, 7) is 0.220. The molecule has 26 heavy (non-hydrogen) atoms. The monoisotopic (exact) mass is 360 g/mol. The maximum Gasteiger partial charge on any atom is 0.184 e. The van der Waals surface area contributed by atoms with E-state index < -0.39 is 30.7 Å². The Morgan fingerprint density at radius 3 is 2.04 bits per heavy atom. The van der Waals surface area contributed by atoms with E-state index in [-0.39, 0.29) is 19.8 Å². The van der Waals surface area contributed by atoms with Gasteiger partial charge in [-0.3, -0.25) is 0 Å². The zero-order valence-electron chi connectivity index (χ0n) is 14.3. The minimum absolute atomic E-state index is 0.256. The first-order chi connectivity index (χ1) is 12.7. The maximum absolute atomic E-state index is 10.2. The molecule has 1 unspecified atom stereocenters. The predicted molar refractivity (Wildman–Crippen MR) is 94.0 cm³/mol. The lowest BCUT2D eigenvalue weighted by Crippen LogP contribution is -2.43. The third kappa shape index (κ3) is 4.67. The average Bonchev–Trinajstić information content (AvgIpc) is 2.96. The molecule has 0 aliphatic carbocycles. The van der Waals surface area contributed by atoms with E-state index in [9.17, 15) is 15.3 Å². The summed E-state index contributed by atoms with van der Waals surface area (Å²) in [5.74, 6) is 0. The summed E-state index contributed by atoms with van der Waals surface area (Å²) in [6.07, 6.45) is -4.91. The van der Waals surface area contributed by atoms with Crippen LogP contribution in [-0.2, 0) is 27.4 Å². The van der Waals surface area contributed by atoms with Crippen molar-refractivity contribution in [3.05, 3.63) is 71.8 Å². The first kappa shape index (κ1) is 19.0. The minimum atomic E-state index is -1.38. The molecule has 0 saturated carbocycles. The molecule has 1 heterocycles. The summed E-state index contributed by atoms with van der Waals surface area (Å²) in [6, 6.07) is 19.0. The summed E-state index contributed by atoms with van der Waals surface area (Å²) in [4.78, 5) is 0. The Balaban J connectivity index is 1.63. The summed E-state index contributed by atoms with van der Waals surface area (Å²) in [5, 5.41) is 29.8. The molecule has 6 heteroatoms. The molecule has 1 fully saturated rings. The van der Waals surface area contributed by atoms with Crippen LogP contribution < -0.4 is 0 Å². The molecule has 140 valence electrons. The van der Waals surface area contributed by atoms with Crippen LogP contribution in [0.4, 0.5) is 0 Å². The van der Waals surface area contributed by atoms with Gasteiger partial charge in [-0.2, -0.15) is 0 Å². The van der Waals surface area contributed by atoms with Crippen molar-refractivity contribution in [2.24, 2.45) is 0 Å². The Kier molecular flexibility index (Phi) is 6.73. The molecule has 6 nitrogen and oxygen atoms in total. The fourth-order valence-electron chi connectivity index (χ4n) is 2.96. The van der Waals surface area contributed by atoms with Gasteiger partial charge in [0.15, 0.2) is 6.29 Å². The number of aliphatic hydroxyl groups excluding tert-OH is 3. The lowest BCUT2D eigenvalue weighted by atomic mass is 10.1. The average molecular weight is 360 g/mol. The highest BCUT2D eigenvalue weighted by atomic mass is 16.7. The molecular formula is C20H24O6. The van der Waals surface area contributed by atoms with E-state index in [2.05, 4.69) is 0 Å². The second-order valence-corrected chi connectivity index (χ2v) is 6.26. The lowest BCUT2D eigenvalue weighted by molar-refractivity contribution is -0.165. The van der Waals surface area contributed by atoms with Crippen LogP contribution >= 0.6 is 0 Å². The van der Waals surface area contributed by atoms with Gasteiger partial charge in [-0.25, -0.2) is 0 Å². The molecule has 2 aromatic rings. The van der Waals surface area contributed by atoms with Gasteiger partial charge in [0.2, 0.25) is 0 Å². The van der Waals surface area contributed by atoms with E-state index in [0.717, 1.165) is 11.1 Å². The second-order valence-electron chi connectivity index (χ2n) is 6.26. The molecule has 0 aromatic heterocycles. The zero-order chi connectivity index (χ0) is 18.4. The normalized spacial score (nSPS) is 26.7. The van der Waals surface area contributed by atoms with Crippen molar-refractivity contribution >= 4 is 0 Å². The van der Waals surface area contributed by atoms with Crippen LogP contribution in [0.5, 0.6) is 0 Å². The standard InChI is InChI=1S/C20H24O6/c21-11-16(24-12-14-7-3-1-4-8-14)18-19(17(22)20(23)26-18)25-13-15-9-5-2-6-10-15/h1-10,16-23H,11-13H2/t16-,17-,18-,19-,20?/m1/s1. The lowest BCUT2D eigenvalue weighted by Gasteiger charge is -2.27. The fourth-order valence-corrected chi connectivity index (χ4v) is 2.96. The number of rotatable bonds is 8. The molecule has 1 aliphatic rings. The van der Waals surface area contributed by atoms with Crippen LogP contribution in [0.1, 0.15) is 11.1 Å². The number of hydrogen-bond donors (Lipinski definition) is 3. The van der Waals surface area contributed by atoms with Crippen molar-refractivity contribution in [3.63, 3.8) is 0 Å². The highest BCUT2D eigenvalue weighted by Crippen LogP contribution is 2.27. The van der Waals surface area contributed by atoms with Crippen LogP contribution in [0.25, 0.3) is 0 Å². The largest absolute Gasteiger partial charge is 0.394 e. The Labute approximate surface area is 152 Å². The quantitative estimate of drug-likeness (QED) is 0.656. The molecule has 0 spiro atoms. The van der Waals surface area contributed by atoms with Crippen LogP contribution in [0.3, 0.4) is 0 Å². The molecule has 0 radical (unpaired) electrons. The zero-order valence-corrected chi connectivity index (χ0v) is 14.3. The van der Waals surface area contributed by atoms with Crippen molar-refractivity contribution in [2.75, 3.05) is 6.61 Å². The third-order valence-corrected chi connectivity index (χ3v) is 4.39. The molecule has 0 amide bonds. The minimum Gasteiger partial charge on any atom is -0.394 e. The highest BCUT2D eigenvalue weighted by Gasteiger charge is 2.47. The summed E-state index contributed by atoms with van der Waals surface area (Å²) < 4.78 is 17.0. The van der Waals surface area contributed by atoms with Crippen molar-refractivity contribution < 1.29 is 29.5 Å². The SMILES string of the molecule is OC[C@@H](OCc1ccccc1)[C@H]1OC(O)[C@H](O)[C@H]1OCc1ccccc1. The Morgan fingerprint density at radius 1 is 0.885 bits per heavy atom. The Morgan fingerprint density at radius 2 is 1.46 bits per heavy atom. The van der Waals surface area contributed by atoms with Gasteiger partial charge in [0, 0.05) is 0 Å². The molecule has 1 aliphatic heterocycles. The molecule has 0 bridgehead atoms. The predicted octanol–water partition coefficient (Wildman–Crippen LogP) is 1.23. The van der Waals surface area contributed by atoms with Gasteiger partial charge in [0.05, 0.1) is 19.8 Å². The third-order valence-electron chi connectivity index (χ3n) is 4.39. The van der Waals surface area contributed by atoms with Crippen molar-refractivity contribution in [3.8, 4) is 0 Å². The van der Waals surface area contributed by atoms with Gasteiger partial charge < -0.3 is 29.5 Å². The van der Waals surface area contributed by atoms with Gasteiger partial charge in [-0.1, -0.05) is 60.7 Å². The van der Waals surface area contributed by atoms with E-state index in [4.69, 9.17) is 14.2 Å². The second kappa shape index (κ2) is 9.23. The summed E-state index contributed by atoms with van der Waals surface area (Å²) >= 11 is 0. The van der Waals surface area contributed by atoms with Crippen LogP contribution in [-0.4, -0.2) is 52.6 Å². The van der Waals surface area contributed by atoms with E-state index in [1.54, 1.807) is 0 Å². The first-order valence-electron chi connectivity index (χ1n) is 8.62. The Bertz CT molecular complexity index is 650. The van der Waals surface area contributed by atoms with E-state index in [1.807, 2.05) is 60.7 Å². The topological polar surface area (TPSA) is 88.4 Å². The molecule has 3 rings (SSSR count). The molecule has 5 atom stereocenters. The van der Waals surface area contributed by atoms with Crippen LogP contribution in [0.2, 0.25) is 0 Å². The Hall–Kier alpha value is -1.80. The number of aliphatic hydroxyl groups is 3. The van der Waals surface area contributed by atoms with E-state index in [0.29, 0.717) is 0 Å². The van der Waals surface area contributed by atoms with Crippen molar-refractivity contribution in [1.29, 1.82) is 0 Å². The maximum atomic E-state index is 10.2. The van der Waals surface area contributed by atoms with Gasteiger partial charge in [-0.15, -0.1) is 0 Å². The summed E-state index contributed by atoms with van der Waals surface area (Å²) in [7, 11) is 0. The molecule has 2 aromatic carbocycles.